The number of sulfone groups is 1. The van der Waals surface area contributed by atoms with Gasteiger partial charge in [-0.25, -0.2) is 8.42 Å². The van der Waals surface area contributed by atoms with Gasteiger partial charge in [-0.3, -0.25) is 4.79 Å². The third kappa shape index (κ3) is 3.20. The summed E-state index contributed by atoms with van der Waals surface area (Å²) in [4.78, 5) is 11.1. The molecular weight excluding hydrogens is 244 g/mol. The Morgan fingerprint density at radius 3 is 2.41 bits per heavy atom. The predicted octanol–water partition coefficient (Wildman–Crippen LogP) is 0.950. The lowest BCUT2D eigenvalue weighted by Gasteiger charge is -2.07. The molecule has 0 aliphatic carbocycles. The lowest BCUT2D eigenvalue weighted by Crippen LogP contribution is -2.17. The number of hydrogen-bond acceptors (Lipinski definition) is 5. The van der Waals surface area contributed by atoms with E-state index in [9.17, 15) is 13.2 Å². The fourth-order valence-corrected chi connectivity index (χ4v) is 2.57. The lowest BCUT2D eigenvalue weighted by atomic mass is 10.2. The zero-order valence-corrected chi connectivity index (χ0v) is 10.7. The second-order valence-corrected chi connectivity index (χ2v) is 5.46. The number of ether oxygens (including phenoxy) is 2. The zero-order valence-electron chi connectivity index (χ0n) is 9.89. The predicted molar refractivity (Wildman–Crippen MR) is 61.8 cm³/mol. The van der Waals surface area contributed by atoms with E-state index in [-0.39, 0.29) is 4.90 Å². The highest BCUT2D eigenvalue weighted by atomic mass is 32.2. The lowest BCUT2D eigenvalue weighted by molar-refractivity contribution is -0.137. The third-order valence-corrected chi connectivity index (χ3v) is 3.85. The molecule has 6 heteroatoms. The van der Waals surface area contributed by atoms with Crippen LogP contribution in [0.5, 0.6) is 5.75 Å². The van der Waals surface area contributed by atoms with E-state index in [1.807, 2.05) is 0 Å². The van der Waals surface area contributed by atoms with Gasteiger partial charge in [0.15, 0.2) is 15.6 Å². The van der Waals surface area contributed by atoms with E-state index in [0.29, 0.717) is 11.3 Å². The van der Waals surface area contributed by atoms with Crippen LogP contribution in [0.3, 0.4) is 0 Å². The highest BCUT2D eigenvalue weighted by molar-refractivity contribution is 7.92. The van der Waals surface area contributed by atoms with Crippen molar-refractivity contribution in [2.24, 2.45) is 0 Å². The molecule has 0 saturated heterocycles. The van der Waals surface area contributed by atoms with E-state index in [2.05, 4.69) is 4.74 Å². The summed E-state index contributed by atoms with van der Waals surface area (Å²) >= 11 is 0. The van der Waals surface area contributed by atoms with Gasteiger partial charge in [0.05, 0.1) is 19.1 Å². The minimum absolute atomic E-state index is 0.0844. The summed E-state index contributed by atoms with van der Waals surface area (Å²) in [6, 6.07) is 4.43. The SMILES string of the molecule is COC(=O)CS(=O)(=O)c1ccc(OC)c(C)c1. The molecule has 0 fully saturated rings. The van der Waals surface area contributed by atoms with Gasteiger partial charge in [-0.1, -0.05) is 0 Å². The molecule has 17 heavy (non-hydrogen) atoms. The fourth-order valence-electron chi connectivity index (χ4n) is 1.34. The van der Waals surface area contributed by atoms with Gasteiger partial charge < -0.3 is 9.47 Å². The minimum atomic E-state index is -3.65. The molecule has 1 aromatic rings. The monoisotopic (exact) mass is 258 g/mol. The summed E-state index contributed by atoms with van der Waals surface area (Å²) in [7, 11) is -0.994. The van der Waals surface area contributed by atoms with Crippen LogP contribution < -0.4 is 4.74 Å². The number of aryl methyl sites for hydroxylation is 1. The van der Waals surface area contributed by atoms with Crippen LogP contribution in [0.15, 0.2) is 23.1 Å². The van der Waals surface area contributed by atoms with Crippen molar-refractivity contribution >= 4 is 15.8 Å². The molecule has 0 saturated carbocycles. The van der Waals surface area contributed by atoms with Crippen LogP contribution in [0.25, 0.3) is 0 Å². The summed E-state index contributed by atoms with van der Waals surface area (Å²) in [5.74, 6) is -0.838. The Balaban J connectivity index is 3.08. The zero-order chi connectivity index (χ0) is 13.1. The maximum atomic E-state index is 11.8. The van der Waals surface area contributed by atoms with Crippen molar-refractivity contribution < 1.29 is 22.7 Å². The molecule has 0 aliphatic heterocycles. The number of rotatable bonds is 4. The van der Waals surface area contributed by atoms with Crippen LogP contribution >= 0.6 is 0 Å². The first-order valence-corrected chi connectivity index (χ1v) is 6.50. The molecule has 0 atom stereocenters. The average Bonchev–Trinajstić information content (AvgIpc) is 2.28. The Labute approximate surface area is 100 Å². The first-order valence-electron chi connectivity index (χ1n) is 4.85. The summed E-state index contributed by atoms with van der Waals surface area (Å²) in [5, 5.41) is 0. The number of methoxy groups -OCH3 is 2. The molecule has 1 rings (SSSR count). The van der Waals surface area contributed by atoms with Crippen molar-refractivity contribution in [3.8, 4) is 5.75 Å². The molecule has 94 valence electrons. The summed E-state index contributed by atoms with van der Waals surface area (Å²) < 4.78 is 33.0. The van der Waals surface area contributed by atoms with Crippen LogP contribution in [-0.2, 0) is 19.4 Å². The number of hydrogen-bond donors (Lipinski definition) is 0. The van der Waals surface area contributed by atoms with E-state index in [1.165, 1.54) is 19.2 Å². The Hall–Kier alpha value is -1.56. The normalized spacial score (nSPS) is 11.0. The van der Waals surface area contributed by atoms with Crippen LogP contribution in [0.1, 0.15) is 5.56 Å². The van der Waals surface area contributed by atoms with Crippen molar-refractivity contribution in [3.05, 3.63) is 23.8 Å². The van der Waals surface area contributed by atoms with Gasteiger partial charge in [-0.15, -0.1) is 0 Å². The van der Waals surface area contributed by atoms with Crippen LogP contribution in [0, 0.1) is 6.92 Å². The fraction of sp³-hybridized carbons (Fsp3) is 0.364. The second-order valence-electron chi connectivity index (χ2n) is 3.47. The molecule has 0 aliphatic rings. The van der Waals surface area contributed by atoms with Crippen molar-refractivity contribution in [2.45, 2.75) is 11.8 Å². The number of esters is 1. The van der Waals surface area contributed by atoms with Crippen molar-refractivity contribution in [1.82, 2.24) is 0 Å². The molecule has 0 unspecified atom stereocenters. The van der Waals surface area contributed by atoms with Gasteiger partial charge in [-0.05, 0) is 30.7 Å². The van der Waals surface area contributed by atoms with Gasteiger partial charge in [0, 0.05) is 0 Å². The van der Waals surface area contributed by atoms with E-state index in [1.54, 1.807) is 13.0 Å². The van der Waals surface area contributed by atoms with Gasteiger partial charge in [0.25, 0.3) is 0 Å². The number of carbonyl (C=O) groups is 1. The molecule has 0 amide bonds. The van der Waals surface area contributed by atoms with E-state index < -0.39 is 21.6 Å². The van der Waals surface area contributed by atoms with Crippen LogP contribution in [-0.4, -0.2) is 34.4 Å². The second kappa shape index (κ2) is 5.18. The Kier molecular flexibility index (Phi) is 4.11. The molecule has 0 spiro atoms. The molecule has 0 aromatic heterocycles. The number of carbonyl (C=O) groups excluding carboxylic acids is 1. The molecule has 5 nitrogen and oxygen atoms in total. The largest absolute Gasteiger partial charge is 0.496 e. The minimum Gasteiger partial charge on any atom is -0.496 e. The van der Waals surface area contributed by atoms with E-state index in [4.69, 9.17) is 4.74 Å². The average molecular weight is 258 g/mol. The van der Waals surface area contributed by atoms with E-state index >= 15 is 0 Å². The molecule has 0 N–H and O–H groups in total. The smallest absolute Gasteiger partial charge is 0.321 e. The summed E-state index contributed by atoms with van der Waals surface area (Å²) in [5.41, 5.74) is 0.693. The molecule has 0 heterocycles. The Morgan fingerprint density at radius 2 is 1.94 bits per heavy atom. The van der Waals surface area contributed by atoms with Crippen molar-refractivity contribution in [1.29, 1.82) is 0 Å². The highest BCUT2D eigenvalue weighted by Crippen LogP contribution is 2.22. The van der Waals surface area contributed by atoms with Gasteiger partial charge in [0.2, 0.25) is 0 Å². The van der Waals surface area contributed by atoms with Gasteiger partial charge in [-0.2, -0.15) is 0 Å². The number of benzene rings is 1. The van der Waals surface area contributed by atoms with Crippen LogP contribution in [0.2, 0.25) is 0 Å². The molecule has 0 bridgehead atoms. The topological polar surface area (TPSA) is 69.7 Å². The van der Waals surface area contributed by atoms with Crippen molar-refractivity contribution in [2.75, 3.05) is 20.0 Å². The first kappa shape index (κ1) is 13.5. The third-order valence-electron chi connectivity index (χ3n) is 2.26. The maximum absolute atomic E-state index is 11.8. The van der Waals surface area contributed by atoms with E-state index in [0.717, 1.165) is 7.11 Å². The maximum Gasteiger partial charge on any atom is 0.321 e. The standard InChI is InChI=1S/C11H14O5S/c1-8-6-9(4-5-10(8)15-2)17(13,14)7-11(12)16-3/h4-6H,7H2,1-3H3. The first-order chi connectivity index (χ1) is 7.90. The molecular formula is C11H14O5S. The summed E-state index contributed by atoms with van der Waals surface area (Å²) in [6.07, 6.45) is 0. The van der Waals surface area contributed by atoms with Gasteiger partial charge >= 0.3 is 5.97 Å². The quantitative estimate of drug-likeness (QED) is 0.752. The van der Waals surface area contributed by atoms with Gasteiger partial charge in [0.1, 0.15) is 5.75 Å². The molecule has 0 radical (unpaired) electrons. The highest BCUT2D eigenvalue weighted by Gasteiger charge is 2.20. The summed E-state index contributed by atoms with van der Waals surface area (Å²) in [6.45, 7) is 1.73. The van der Waals surface area contributed by atoms with Crippen LogP contribution in [0.4, 0.5) is 0 Å². The Morgan fingerprint density at radius 1 is 1.29 bits per heavy atom. The van der Waals surface area contributed by atoms with Crippen molar-refractivity contribution in [3.63, 3.8) is 0 Å². The molecule has 1 aromatic carbocycles. The Bertz CT molecular complexity index is 519.